The van der Waals surface area contributed by atoms with Crippen molar-refractivity contribution in [3.05, 3.63) is 62.6 Å². The Morgan fingerprint density at radius 2 is 2.14 bits per heavy atom. The molecule has 1 N–H and O–H groups in total. The summed E-state index contributed by atoms with van der Waals surface area (Å²) in [5.41, 5.74) is 1.34. The number of nitrogens with zero attached hydrogens (tertiary/aromatic N) is 3. The molecule has 1 fully saturated rings. The molecule has 3 heterocycles. The van der Waals surface area contributed by atoms with Gasteiger partial charge in [-0.1, -0.05) is 6.07 Å². The molecule has 1 aromatic carbocycles. The van der Waals surface area contributed by atoms with Crippen molar-refractivity contribution in [1.82, 2.24) is 9.47 Å². The van der Waals surface area contributed by atoms with Gasteiger partial charge in [0.15, 0.2) is 5.11 Å². The highest BCUT2D eigenvalue weighted by molar-refractivity contribution is 7.80. The lowest BCUT2D eigenvalue weighted by atomic mass is 9.83. The summed E-state index contributed by atoms with van der Waals surface area (Å²) in [6.45, 7) is 4.33. The molecule has 0 aliphatic carbocycles. The molecular formula is C20H22N4O4S. The number of fused-ring (bicyclic) bond motifs is 4. The number of nitrogens with one attached hydrogen (secondary N) is 1. The van der Waals surface area contributed by atoms with Gasteiger partial charge in [-0.05, 0) is 49.7 Å². The summed E-state index contributed by atoms with van der Waals surface area (Å²) < 4.78 is 7.23. The number of rotatable bonds is 4. The van der Waals surface area contributed by atoms with E-state index in [9.17, 15) is 14.9 Å². The van der Waals surface area contributed by atoms with Gasteiger partial charge >= 0.3 is 0 Å². The second kappa shape index (κ2) is 7.82. The zero-order chi connectivity index (χ0) is 20.5. The summed E-state index contributed by atoms with van der Waals surface area (Å²) in [7, 11) is 0. The predicted molar refractivity (Wildman–Crippen MR) is 114 cm³/mol. The first-order chi connectivity index (χ1) is 14.0. The van der Waals surface area contributed by atoms with Crippen LogP contribution >= 0.6 is 12.2 Å². The van der Waals surface area contributed by atoms with E-state index in [0.717, 1.165) is 12.1 Å². The van der Waals surface area contributed by atoms with E-state index in [0.29, 0.717) is 48.7 Å². The molecule has 29 heavy (non-hydrogen) atoms. The van der Waals surface area contributed by atoms with Crippen LogP contribution in [-0.2, 0) is 6.54 Å². The van der Waals surface area contributed by atoms with Gasteiger partial charge in [-0.3, -0.25) is 14.9 Å². The van der Waals surface area contributed by atoms with Crippen molar-refractivity contribution in [3.63, 3.8) is 0 Å². The molecule has 4 rings (SSSR count). The lowest BCUT2D eigenvalue weighted by Gasteiger charge is -2.43. The number of nitro groups is 1. The van der Waals surface area contributed by atoms with E-state index in [4.69, 9.17) is 17.0 Å². The minimum Gasteiger partial charge on any atom is -0.494 e. The quantitative estimate of drug-likeness (QED) is 0.467. The number of ether oxygens (including phenoxy) is 1. The maximum Gasteiger partial charge on any atom is 0.296 e. The van der Waals surface area contributed by atoms with E-state index in [1.165, 1.54) is 6.07 Å². The number of pyridine rings is 1. The first-order valence-electron chi connectivity index (χ1n) is 9.63. The summed E-state index contributed by atoms with van der Waals surface area (Å²) in [6, 6.07) is 10.1. The molecule has 8 nitrogen and oxygen atoms in total. The van der Waals surface area contributed by atoms with Crippen molar-refractivity contribution < 1.29 is 9.66 Å². The molecule has 2 aliphatic rings. The van der Waals surface area contributed by atoms with Crippen LogP contribution in [0.5, 0.6) is 5.75 Å². The maximum atomic E-state index is 12.2. The number of nitro benzene ring substituents is 1. The largest absolute Gasteiger partial charge is 0.494 e. The zero-order valence-electron chi connectivity index (χ0n) is 16.0. The van der Waals surface area contributed by atoms with Gasteiger partial charge < -0.3 is 19.5 Å². The van der Waals surface area contributed by atoms with Gasteiger partial charge in [0.2, 0.25) is 0 Å². The number of likely N-dealkylation sites (tertiary alicyclic amines) is 1. The normalized spacial score (nSPS) is 20.0. The Morgan fingerprint density at radius 3 is 2.90 bits per heavy atom. The van der Waals surface area contributed by atoms with Crippen molar-refractivity contribution in [3.8, 4) is 5.75 Å². The van der Waals surface area contributed by atoms with Crippen LogP contribution in [0.1, 0.15) is 25.0 Å². The molecule has 1 aromatic heterocycles. The summed E-state index contributed by atoms with van der Waals surface area (Å²) in [6.07, 6.45) is 1.02. The van der Waals surface area contributed by atoms with Crippen molar-refractivity contribution in [2.45, 2.75) is 25.8 Å². The van der Waals surface area contributed by atoms with Gasteiger partial charge in [-0.25, -0.2) is 0 Å². The maximum absolute atomic E-state index is 12.2. The van der Waals surface area contributed by atoms with E-state index in [1.807, 2.05) is 17.6 Å². The molecule has 0 spiro atoms. The number of anilines is 1. The van der Waals surface area contributed by atoms with E-state index in [1.54, 1.807) is 24.3 Å². The topological polar surface area (TPSA) is 89.6 Å². The summed E-state index contributed by atoms with van der Waals surface area (Å²) in [5, 5.41) is 15.0. The third-order valence-electron chi connectivity index (χ3n) is 5.49. The fourth-order valence-electron chi connectivity index (χ4n) is 4.28. The highest BCUT2D eigenvalue weighted by Gasteiger charge is 2.35. The third kappa shape index (κ3) is 3.82. The van der Waals surface area contributed by atoms with Gasteiger partial charge in [0.05, 0.1) is 17.6 Å². The molecule has 2 bridgehead atoms. The second-order valence-corrected chi connectivity index (χ2v) is 7.79. The van der Waals surface area contributed by atoms with Gasteiger partial charge in [-0.15, -0.1) is 0 Å². The van der Waals surface area contributed by atoms with E-state index in [2.05, 4.69) is 10.2 Å². The lowest BCUT2D eigenvalue weighted by molar-refractivity contribution is -0.384. The van der Waals surface area contributed by atoms with Crippen LogP contribution in [0.3, 0.4) is 0 Å². The van der Waals surface area contributed by atoms with E-state index in [-0.39, 0.29) is 17.2 Å². The lowest BCUT2D eigenvalue weighted by Crippen LogP contribution is -2.50. The van der Waals surface area contributed by atoms with Gasteiger partial charge in [0.25, 0.3) is 11.2 Å². The second-order valence-electron chi connectivity index (χ2n) is 7.40. The monoisotopic (exact) mass is 414 g/mol. The molecule has 2 aliphatic heterocycles. The minimum absolute atomic E-state index is 0.0383. The average Bonchev–Trinajstić information content (AvgIpc) is 2.70. The summed E-state index contributed by atoms with van der Waals surface area (Å²) in [4.78, 5) is 25.3. The Balaban J connectivity index is 1.53. The van der Waals surface area contributed by atoms with Crippen LogP contribution in [0, 0.1) is 16.0 Å². The van der Waals surface area contributed by atoms with Gasteiger partial charge in [0.1, 0.15) is 11.4 Å². The number of benzene rings is 1. The SMILES string of the molecule is CCOc1ccc(NC(=S)N2CC3C[C@@H](C2)Cn2c3cccc2=O)c([N+](=O)[O-])c1. The van der Waals surface area contributed by atoms with Crippen molar-refractivity contribution >= 4 is 28.7 Å². The summed E-state index contributed by atoms with van der Waals surface area (Å²) >= 11 is 5.58. The third-order valence-corrected chi connectivity index (χ3v) is 5.85. The number of piperidine rings is 1. The van der Waals surface area contributed by atoms with Gasteiger partial charge in [-0.2, -0.15) is 0 Å². The first kappa shape index (κ1) is 19.4. The van der Waals surface area contributed by atoms with Crippen LogP contribution in [0.15, 0.2) is 41.2 Å². The fourth-order valence-corrected chi connectivity index (χ4v) is 4.54. The minimum atomic E-state index is -0.443. The molecule has 1 saturated heterocycles. The fraction of sp³-hybridized carbons (Fsp3) is 0.400. The Labute approximate surface area is 173 Å². The molecule has 0 saturated carbocycles. The molecule has 0 radical (unpaired) electrons. The molecular weight excluding hydrogens is 392 g/mol. The van der Waals surface area contributed by atoms with E-state index >= 15 is 0 Å². The Hall–Kier alpha value is -2.94. The average molecular weight is 414 g/mol. The highest BCUT2D eigenvalue weighted by Crippen LogP contribution is 2.36. The van der Waals surface area contributed by atoms with Crippen LogP contribution in [0.25, 0.3) is 0 Å². The molecule has 9 heteroatoms. The van der Waals surface area contributed by atoms with Crippen molar-refractivity contribution in [1.29, 1.82) is 0 Å². The Morgan fingerprint density at radius 1 is 1.31 bits per heavy atom. The molecule has 152 valence electrons. The summed E-state index contributed by atoms with van der Waals surface area (Å²) in [5.74, 6) is 0.980. The van der Waals surface area contributed by atoms with Crippen LogP contribution < -0.4 is 15.6 Å². The van der Waals surface area contributed by atoms with Crippen LogP contribution in [0.4, 0.5) is 11.4 Å². The number of hydrogen-bond donors (Lipinski definition) is 1. The van der Waals surface area contributed by atoms with E-state index < -0.39 is 4.92 Å². The number of hydrogen-bond acceptors (Lipinski definition) is 5. The standard InChI is InChI=1S/C20H22N4O4S/c1-2-28-15-6-7-16(18(9-15)24(26)27)21-20(29)22-10-13-8-14(12-22)17-4-3-5-19(25)23(17)11-13/h3-7,9,13-14H,2,8,10-12H2,1H3,(H,21,29)/t13-,14?/m0/s1. The number of thiocarbonyl (C=S) groups is 1. The van der Waals surface area contributed by atoms with Gasteiger partial charge in [0, 0.05) is 37.3 Å². The predicted octanol–water partition coefficient (Wildman–Crippen LogP) is 2.97. The smallest absolute Gasteiger partial charge is 0.296 e. The number of aromatic nitrogens is 1. The van der Waals surface area contributed by atoms with Crippen molar-refractivity contribution in [2.24, 2.45) is 5.92 Å². The molecule has 1 unspecified atom stereocenters. The Kier molecular flexibility index (Phi) is 5.23. The molecule has 2 atom stereocenters. The molecule has 0 amide bonds. The van der Waals surface area contributed by atoms with Crippen LogP contribution in [-0.4, -0.2) is 39.2 Å². The highest BCUT2D eigenvalue weighted by atomic mass is 32.1. The van der Waals surface area contributed by atoms with Crippen LogP contribution in [0.2, 0.25) is 0 Å². The zero-order valence-corrected chi connectivity index (χ0v) is 16.9. The Bertz CT molecular complexity index is 1020. The molecule has 2 aromatic rings. The first-order valence-corrected chi connectivity index (χ1v) is 10.0. The van der Waals surface area contributed by atoms with Crippen molar-refractivity contribution in [2.75, 3.05) is 25.0 Å².